The Morgan fingerprint density at radius 3 is 2.38 bits per heavy atom. The fraction of sp³-hybridized carbons (Fsp3) is 0.167. The summed E-state index contributed by atoms with van der Waals surface area (Å²) in [5.74, 6) is 0.0663. The normalized spacial score (nSPS) is 9.67. The number of carbonyl (C=O) groups excluding carboxylic acids is 2. The molecule has 0 fully saturated rings. The van der Waals surface area contributed by atoms with E-state index in [2.05, 4.69) is 16.7 Å². The van der Waals surface area contributed by atoms with Crippen molar-refractivity contribution in [2.45, 2.75) is 13.3 Å². The first kappa shape index (κ1) is 17.0. The number of nitrogens with one attached hydrogen (secondary N) is 2. The molecule has 0 spiro atoms. The molecule has 0 saturated heterocycles. The Morgan fingerprint density at radius 1 is 1.08 bits per heavy atom. The first-order valence-corrected chi connectivity index (χ1v) is 7.33. The molecule has 0 atom stereocenters. The maximum atomic E-state index is 11.9. The number of amides is 2. The highest BCUT2D eigenvalue weighted by Crippen LogP contribution is 2.16. The van der Waals surface area contributed by atoms with Crippen LogP contribution in [0.5, 0.6) is 5.75 Å². The van der Waals surface area contributed by atoms with Gasteiger partial charge in [0.1, 0.15) is 5.75 Å². The van der Waals surface area contributed by atoms with Crippen LogP contribution in [0.25, 0.3) is 0 Å². The van der Waals surface area contributed by atoms with Gasteiger partial charge in [0.2, 0.25) is 5.91 Å². The first-order chi connectivity index (χ1) is 11.6. The Hall–Kier alpha value is -3.33. The molecule has 6 heteroatoms. The number of nitrogens with zero attached hydrogens (tertiary/aromatic N) is 1. The summed E-state index contributed by atoms with van der Waals surface area (Å²) in [6, 6.07) is 15.9. The number of hydrogen-bond acceptors (Lipinski definition) is 4. The van der Waals surface area contributed by atoms with Crippen molar-refractivity contribution in [2.75, 3.05) is 17.2 Å². The molecule has 0 saturated carbocycles. The molecular weight excluding hydrogens is 306 g/mol. The van der Waals surface area contributed by atoms with E-state index < -0.39 is 0 Å². The van der Waals surface area contributed by atoms with Gasteiger partial charge in [0.25, 0.3) is 5.91 Å². The molecule has 0 aliphatic carbocycles. The molecule has 0 bridgehead atoms. The van der Waals surface area contributed by atoms with Crippen LogP contribution in [0.4, 0.5) is 11.4 Å². The summed E-state index contributed by atoms with van der Waals surface area (Å²) in [4.78, 5) is 23.0. The fourth-order valence-electron chi connectivity index (χ4n) is 2.02. The maximum Gasteiger partial charge on any atom is 0.262 e. The molecule has 2 aromatic carbocycles. The second-order valence-electron chi connectivity index (χ2n) is 5.08. The van der Waals surface area contributed by atoms with Crippen molar-refractivity contribution in [3.05, 3.63) is 54.1 Å². The molecule has 0 radical (unpaired) electrons. The monoisotopic (exact) mass is 323 g/mol. The number of ether oxygens (including phenoxy) is 1. The standard InChI is InChI=1S/C18H17N3O3/c1-13(22)20-15-3-2-4-16(11-15)21-18(23)12-24-17-7-5-14(6-8-17)9-10-19/h2-8,11H,9,12H2,1H3,(H,20,22)(H,21,23). The minimum Gasteiger partial charge on any atom is -0.484 e. The molecule has 2 rings (SSSR count). The molecule has 0 aliphatic rings. The summed E-state index contributed by atoms with van der Waals surface area (Å²) < 4.78 is 5.40. The van der Waals surface area contributed by atoms with E-state index >= 15 is 0 Å². The molecule has 0 heterocycles. The van der Waals surface area contributed by atoms with Gasteiger partial charge in [-0.15, -0.1) is 0 Å². The summed E-state index contributed by atoms with van der Waals surface area (Å²) in [5, 5.41) is 14.0. The van der Waals surface area contributed by atoms with Crippen molar-refractivity contribution in [3.8, 4) is 11.8 Å². The third-order valence-electron chi connectivity index (χ3n) is 3.04. The van der Waals surface area contributed by atoms with Crippen molar-refractivity contribution < 1.29 is 14.3 Å². The summed E-state index contributed by atoms with van der Waals surface area (Å²) in [7, 11) is 0. The van der Waals surface area contributed by atoms with Gasteiger partial charge >= 0.3 is 0 Å². The molecule has 24 heavy (non-hydrogen) atoms. The van der Waals surface area contributed by atoms with Crippen molar-refractivity contribution >= 4 is 23.2 Å². The van der Waals surface area contributed by atoms with E-state index in [-0.39, 0.29) is 18.4 Å². The lowest BCUT2D eigenvalue weighted by Gasteiger charge is -2.09. The Balaban J connectivity index is 1.87. The van der Waals surface area contributed by atoms with E-state index in [1.807, 2.05) is 0 Å². The SMILES string of the molecule is CC(=O)Nc1cccc(NC(=O)COc2ccc(CC#N)cc2)c1. The molecular formula is C18H17N3O3. The second kappa shape index (κ2) is 8.34. The Labute approximate surface area is 140 Å². The minimum atomic E-state index is -0.309. The van der Waals surface area contributed by atoms with Crippen molar-refractivity contribution in [3.63, 3.8) is 0 Å². The van der Waals surface area contributed by atoms with Crippen molar-refractivity contribution in [1.82, 2.24) is 0 Å². The van der Waals surface area contributed by atoms with Crippen LogP contribution in [0.1, 0.15) is 12.5 Å². The maximum absolute atomic E-state index is 11.9. The Bertz CT molecular complexity index is 764. The van der Waals surface area contributed by atoms with Gasteiger partial charge in [-0.3, -0.25) is 9.59 Å². The van der Waals surface area contributed by atoms with E-state index in [4.69, 9.17) is 10.00 Å². The van der Waals surface area contributed by atoms with Crippen LogP contribution in [-0.2, 0) is 16.0 Å². The number of rotatable bonds is 6. The zero-order valence-electron chi connectivity index (χ0n) is 13.2. The van der Waals surface area contributed by atoms with Crippen molar-refractivity contribution in [1.29, 1.82) is 5.26 Å². The highest BCUT2D eigenvalue weighted by atomic mass is 16.5. The van der Waals surface area contributed by atoms with Gasteiger partial charge in [-0.25, -0.2) is 0 Å². The number of nitriles is 1. The molecule has 6 nitrogen and oxygen atoms in total. The van der Waals surface area contributed by atoms with Gasteiger partial charge in [-0.1, -0.05) is 18.2 Å². The van der Waals surface area contributed by atoms with Crippen LogP contribution < -0.4 is 15.4 Å². The predicted molar refractivity (Wildman–Crippen MR) is 90.6 cm³/mol. The number of anilines is 2. The lowest BCUT2D eigenvalue weighted by atomic mass is 10.2. The fourth-order valence-corrected chi connectivity index (χ4v) is 2.02. The van der Waals surface area contributed by atoms with Crippen LogP contribution in [0, 0.1) is 11.3 Å². The van der Waals surface area contributed by atoms with E-state index in [0.717, 1.165) is 5.56 Å². The predicted octanol–water partition coefficient (Wildman–Crippen LogP) is 2.73. The average Bonchev–Trinajstić information content (AvgIpc) is 2.54. The molecule has 0 aromatic heterocycles. The summed E-state index contributed by atoms with van der Waals surface area (Å²) >= 11 is 0. The molecule has 122 valence electrons. The number of hydrogen-bond donors (Lipinski definition) is 2. The molecule has 2 aromatic rings. The van der Waals surface area contributed by atoms with Gasteiger partial charge in [0.15, 0.2) is 6.61 Å². The second-order valence-corrected chi connectivity index (χ2v) is 5.08. The highest BCUT2D eigenvalue weighted by Gasteiger charge is 2.05. The lowest BCUT2D eigenvalue weighted by molar-refractivity contribution is -0.118. The molecule has 2 amide bonds. The molecule has 0 unspecified atom stereocenters. The van der Waals surface area contributed by atoms with E-state index in [1.165, 1.54) is 6.92 Å². The van der Waals surface area contributed by atoms with E-state index in [9.17, 15) is 9.59 Å². The minimum absolute atomic E-state index is 0.137. The van der Waals surface area contributed by atoms with Gasteiger partial charge in [-0.05, 0) is 35.9 Å². The first-order valence-electron chi connectivity index (χ1n) is 7.33. The van der Waals surface area contributed by atoms with Gasteiger partial charge in [0, 0.05) is 18.3 Å². The van der Waals surface area contributed by atoms with E-state index in [0.29, 0.717) is 23.5 Å². The quantitative estimate of drug-likeness (QED) is 0.855. The van der Waals surface area contributed by atoms with Crippen LogP contribution in [-0.4, -0.2) is 18.4 Å². The van der Waals surface area contributed by atoms with Gasteiger partial charge in [-0.2, -0.15) is 5.26 Å². The largest absolute Gasteiger partial charge is 0.484 e. The van der Waals surface area contributed by atoms with Crippen LogP contribution in [0.15, 0.2) is 48.5 Å². The Kier molecular flexibility index (Phi) is 5.92. The number of benzene rings is 2. The average molecular weight is 323 g/mol. The van der Waals surface area contributed by atoms with Crippen LogP contribution in [0.3, 0.4) is 0 Å². The van der Waals surface area contributed by atoms with Crippen LogP contribution in [0.2, 0.25) is 0 Å². The number of carbonyl (C=O) groups is 2. The van der Waals surface area contributed by atoms with Crippen molar-refractivity contribution in [2.24, 2.45) is 0 Å². The third kappa shape index (κ3) is 5.46. The molecule has 0 aliphatic heterocycles. The third-order valence-corrected chi connectivity index (χ3v) is 3.04. The van der Waals surface area contributed by atoms with Gasteiger partial charge < -0.3 is 15.4 Å². The summed E-state index contributed by atoms with van der Waals surface area (Å²) in [6.45, 7) is 1.28. The Morgan fingerprint density at radius 2 is 1.75 bits per heavy atom. The topological polar surface area (TPSA) is 91.2 Å². The molecule has 2 N–H and O–H groups in total. The van der Waals surface area contributed by atoms with E-state index in [1.54, 1.807) is 48.5 Å². The van der Waals surface area contributed by atoms with Gasteiger partial charge in [0.05, 0.1) is 12.5 Å². The van der Waals surface area contributed by atoms with Crippen LogP contribution >= 0.6 is 0 Å². The zero-order chi connectivity index (χ0) is 17.4. The smallest absolute Gasteiger partial charge is 0.262 e. The summed E-state index contributed by atoms with van der Waals surface area (Å²) in [6.07, 6.45) is 0.339. The highest BCUT2D eigenvalue weighted by molar-refractivity contribution is 5.94. The lowest BCUT2D eigenvalue weighted by Crippen LogP contribution is -2.20. The zero-order valence-corrected chi connectivity index (χ0v) is 13.2. The summed E-state index contributed by atoms with van der Waals surface area (Å²) in [5.41, 5.74) is 2.07.